The molecule has 3 aliphatic rings. The number of aliphatic imine (C=N–C) groups is 2. The highest BCUT2D eigenvalue weighted by atomic mass is 15.0. The Bertz CT molecular complexity index is 5730. The van der Waals surface area contributed by atoms with Crippen LogP contribution in [-0.4, -0.2) is 26.6 Å². The third-order valence-corrected chi connectivity index (χ3v) is 23.6. The van der Waals surface area contributed by atoms with Crippen molar-refractivity contribution in [2.75, 3.05) is 0 Å². The summed E-state index contributed by atoms with van der Waals surface area (Å²) in [6.07, 6.45) is 4.44. The van der Waals surface area contributed by atoms with Gasteiger partial charge in [-0.05, 0) is 213 Å². The van der Waals surface area contributed by atoms with Crippen molar-refractivity contribution < 1.29 is 0 Å². The van der Waals surface area contributed by atoms with E-state index in [-0.39, 0.29) is 27.7 Å². The summed E-state index contributed by atoms with van der Waals surface area (Å²) in [5.74, 6) is 2.90. The van der Waals surface area contributed by atoms with Crippen molar-refractivity contribution in [3.63, 3.8) is 0 Å². The Labute approximate surface area is 624 Å². The maximum Gasteiger partial charge on any atom is 0.164 e. The monoisotopic (exact) mass is 1370 g/mol. The summed E-state index contributed by atoms with van der Waals surface area (Å²) in [6, 6.07) is 110. The summed E-state index contributed by atoms with van der Waals surface area (Å²) in [5.41, 5.74) is 34.0. The van der Waals surface area contributed by atoms with Gasteiger partial charge in [0.25, 0.3) is 0 Å². The number of fused-ring (bicyclic) bond motifs is 6. The van der Waals surface area contributed by atoms with Crippen LogP contribution in [0.15, 0.2) is 313 Å². The lowest BCUT2D eigenvalue weighted by Crippen LogP contribution is -2.34. The van der Waals surface area contributed by atoms with Crippen molar-refractivity contribution in [1.29, 1.82) is 0 Å². The maximum absolute atomic E-state index is 7.45. The summed E-state index contributed by atoms with van der Waals surface area (Å²) >= 11 is 0. The van der Waals surface area contributed by atoms with E-state index in [4.69, 9.17) is 30.7 Å². The predicted molar refractivity (Wildman–Crippen MR) is 442 cm³/mol. The molecule has 1 heterocycles. The van der Waals surface area contributed by atoms with Crippen LogP contribution in [0.25, 0.3) is 101 Å². The molecule has 106 heavy (non-hydrogen) atoms. The predicted octanol–water partition coefficient (Wildman–Crippen LogP) is 24.7. The van der Waals surface area contributed by atoms with E-state index in [1.165, 1.54) is 61.2 Å². The fourth-order valence-electron chi connectivity index (χ4n) is 17.5. The van der Waals surface area contributed by atoms with Gasteiger partial charge in [0, 0.05) is 27.8 Å². The second-order valence-electron chi connectivity index (χ2n) is 32.2. The van der Waals surface area contributed by atoms with Gasteiger partial charge in [0.1, 0.15) is 5.84 Å². The SMILES string of the molecule is CC(N=C(N=C(N)c1cc(-c2ccccc2)cc(-c2ccccc2)c1)c1ccc2c(c1)C(C)(C)CCC2(C)C)c1cccc2c1-c1ccccc1C2(c1ccccc1)c1ccc(-c2cccc(-c3nc(-c4ccc5c(c4)C(C)(C)CCC5(C)C)nc(-c4ccc(-c5ccccc5)c5ccccc45)n3)c2)cc1. The van der Waals surface area contributed by atoms with Crippen molar-refractivity contribution in [2.24, 2.45) is 15.7 Å². The number of aromatic nitrogens is 3. The van der Waals surface area contributed by atoms with Gasteiger partial charge < -0.3 is 5.73 Å². The van der Waals surface area contributed by atoms with Gasteiger partial charge in [-0.3, -0.25) is 4.99 Å². The lowest BCUT2D eigenvalue weighted by molar-refractivity contribution is 0.332. The summed E-state index contributed by atoms with van der Waals surface area (Å²) in [4.78, 5) is 27.7. The Kier molecular flexibility index (Phi) is 16.8. The zero-order chi connectivity index (χ0) is 72.7. The zero-order valence-corrected chi connectivity index (χ0v) is 62.1. The second kappa shape index (κ2) is 26.4. The van der Waals surface area contributed by atoms with Crippen molar-refractivity contribution in [3.8, 4) is 89.8 Å². The maximum atomic E-state index is 7.45. The standard InChI is InChI=1S/C100H88N6/c1-64(102-92(71-46-52-85-88(62-71)98(6,7)56-54-96(85,2)3)103-91(101)75-60-73(65-28-14-10-15-29-65)59-74(61-75)66-30-16-11-17-31-66)78-41-27-43-87-90(78)83-40-24-25-42-84(83)100(87,76-36-20-13-21-37-76)77-48-44-67(45-49-77)69-34-26-35-70(58-69)93-104-94(72-47-53-86-89(63-72)99(8,9)57-55-97(86,4)5)106-95(105-93)82-51-50-79(68-32-18-12-19-33-68)80-38-22-23-39-81(80)82/h10-53,58-64H,54-57H2,1-9H3,(H2,101,102,103). The quantitative estimate of drug-likeness (QED) is 0.0920. The highest BCUT2D eigenvalue weighted by Gasteiger charge is 2.47. The van der Waals surface area contributed by atoms with E-state index in [1.54, 1.807) is 0 Å². The Hall–Kier alpha value is -11.7. The molecule has 0 saturated heterocycles. The molecule has 1 aromatic heterocycles. The van der Waals surface area contributed by atoms with Crippen LogP contribution in [0, 0.1) is 0 Å². The number of benzene rings is 13. The van der Waals surface area contributed by atoms with Gasteiger partial charge in [-0.1, -0.05) is 316 Å². The number of nitrogens with two attached hydrogens (primary N) is 1. The Morgan fingerprint density at radius 1 is 0.321 bits per heavy atom. The van der Waals surface area contributed by atoms with E-state index in [1.807, 2.05) is 0 Å². The Morgan fingerprint density at radius 2 is 0.764 bits per heavy atom. The zero-order valence-electron chi connectivity index (χ0n) is 62.1. The number of rotatable bonds is 13. The number of hydrogen-bond acceptors (Lipinski definition) is 4. The molecule has 0 bridgehead atoms. The molecule has 6 nitrogen and oxygen atoms in total. The second-order valence-corrected chi connectivity index (χ2v) is 32.2. The van der Waals surface area contributed by atoms with E-state index in [9.17, 15) is 0 Å². The van der Waals surface area contributed by atoms with Gasteiger partial charge in [0.15, 0.2) is 23.3 Å². The molecular formula is C100H88N6. The van der Waals surface area contributed by atoms with Crippen LogP contribution in [-0.2, 0) is 27.1 Å². The summed E-state index contributed by atoms with van der Waals surface area (Å²) in [7, 11) is 0. The van der Waals surface area contributed by atoms with E-state index >= 15 is 0 Å². The topological polar surface area (TPSA) is 89.4 Å². The molecule has 6 heteroatoms. The van der Waals surface area contributed by atoms with Crippen LogP contribution in [0.4, 0.5) is 0 Å². The van der Waals surface area contributed by atoms with E-state index in [0.717, 1.165) is 109 Å². The van der Waals surface area contributed by atoms with Crippen LogP contribution in [0.3, 0.4) is 0 Å². The first-order chi connectivity index (χ1) is 51.3. The molecule has 13 aromatic carbocycles. The normalized spacial score (nSPS) is 17.0. The number of nitrogens with zero attached hydrogens (tertiary/aromatic N) is 5. The minimum absolute atomic E-state index is 0.00268. The Balaban J connectivity index is 0.781. The minimum atomic E-state index is -0.696. The van der Waals surface area contributed by atoms with Crippen LogP contribution in [0.1, 0.15) is 155 Å². The van der Waals surface area contributed by atoms with E-state index in [0.29, 0.717) is 29.1 Å². The first-order valence-electron chi connectivity index (χ1n) is 37.6. The molecule has 0 aliphatic heterocycles. The number of amidine groups is 2. The fraction of sp³-hybridized carbons (Fsp3) is 0.190. The van der Waals surface area contributed by atoms with Gasteiger partial charge in [-0.15, -0.1) is 0 Å². The van der Waals surface area contributed by atoms with E-state index < -0.39 is 5.41 Å². The van der Waals surface area contributed by atoms with Gasteiger partial charge in [-0.25, -0.2) is 19.9 Å². The van der Waals surface area contributed by atoms with Gasteiger partial charge >= 0.3 is 0 Å². The number of hydrogen-bond donors (Lipinski definition) is 1. The van der Waals surface area contributed by atoms with Crippen LogP contribution < -0.4 is 5.73 Å². The summed E-state index contributed by atoms with van der Waals surface area (Å²) in [5, 5.41) is 2.23. The summed E-state index contributed by atoms with van der Waals surface area (Å²) in [6.45, 7) is 21.3. The lowest BCUT2D eigenvalue weighted by atomic mass is 9.63. The third-order valence-electron chi connectivity index (χ3n) is 23.6. The van der Waals surface area contributed by atoms with Crippen molar-refractivity contribution in [2.45, 2.75) is 121 Å². The lowest BCUT2D eigenvalue weighted by Gasteiger charge is -2.42. The van der Waals surface area contributed by atoms with Crippen molar-refractivity contribution >= 4 is 22.4 Å². The Morgan fingerprint density at radius 3 is 1.40 bits per heavy atom. The molecular weight excluding hydrogens is 1290 g/mol. The molecule has 3 aliphatic carbocycles. The molecule has 0 amide bonds. The molecule has 2 atom stereocenters. The molecule has 518 valence electrons. The average molecular weight is 1370 g/mol. The average Bonchev–Trinajstić information content (AvgIpc) is 1.53. The van der Waals surface area contributed by atoms with Crippen molar-refractivity contribution in [1.82, 2.24) is 15.0 Å². The van der Waals surface area contributed by atoms with Crippen LogP contribution >= 0.6 is 0 Å². The largest absolute Gasteiger partial charge is 0.383 e. The molecule has 14 aromatic rings. The van der Waals surface area contributed by atoms with Gasteiger partial charge in [0.05, 0.1) is 11.5 Å². The van der Waals surface area contributed by atoms with Gasteiger partial charge in [-0.2, -0.15) is 0 Å². The molecule has 0 radical (unpaired) electrons. The highest BCUT2D eigenvalue weighted by Crippen LogP contribution is 2.58. The van der Waals surface area contributed by atoms with Crippen LogP contribution in [0.5, 0.6) is 0 Å². The highest BCUT2D eigenvalue weighted by molar-refractivity contribution is 6.12. The summed E-state index contributed by atoms with van der Waals surface area (Å²) < 4.78 is 0. The van der Waals surface area contributed by atoms with Crippen molar-refractivity contribution in [3.05, 3.63) is 365 Å². The smallest absolute Gasteiger partial charge is 0.164 e. The van der Waals surface area contributed by atoms with E-state index in [2.05, 4.69) is 366 Å². The molecule has 17 rings (SSSR count). The minimum Gasteiger partial charge on any atom is -0.383 e. The molecule has 0 spiro atoms. The fourth-order valence-corrected chi connectivity index (χ4v) is 17.5. The molecule has 0 saturated carbocycles. The molecule has 2 N–H and O–H groups in total. The first kappa shape index (κ1) is 67.4. The van der Waals surface area contributed by atoms with Crippen LogP contribution in [0.2, 0.25) is 0 Å². The molecule has 2 unspecified atom stereocenters. The first-order valence-corrected chi connectivity index (χ1v) is 37.6. The molecule has 0 fully saturated rings. The van der Waals surface area contributed by atoms with Gasteiger partial charge in [0.2, 0.25) is 0 Å². The third kappa shape index (κ3) is 12.0.